The number of ether oxygens (including phenoxy) is 1. The summed E-state index contributed by atoms with van der Waals surface area (Å²) in [6.45, 7) is 4.03. The van der Waals surface area contributed by atoms with Crippen LogP contribution < -0.4 is 4.74 Å². The maximum Gasteiger partial charge on any atom is 0.138 e. The van der Waals surface area contributed by atoms with Crippen LogP contribution in [0.5, 0.6) is 5.75 Å². The summed E-state index contributed by atoms with van der Waals surface area (Å²) in [5, 5.41) is 0. The molecule has 0 saturated carbocycles. The van der Waals surface area contributed by atoms with Crippen molar-refractivity contribution in [2.24, 2.45) is 0 Å². The number of nitrogens with one attached hydrogen (secondary N) is 2. The second-order valence-corrected chi connectivity index (χ2v) is 7.11. The third kappa shape index (κ3) is 2.81. The van der Waals surface area contributed by atoms with Crippen LogP contribution in [0.4, 0.5) is 0 Å². The Labute approximate surface area is 162 Å². The van der Waals surface area contributed by atoms with E-state index in [-0.39, 0.29) is 0 Å². The smallest absolute Gasteiger partial charge is 0.138 e. The molecule has 0 amide bonds. The number of H-pyrrole nitrogens is 2. The van der Waals surface area contributed by atoms with Gasteiger partial charge in [0, 0.05) is 5.56 Å². The Bertz CT molecular complexity index is 1330. The number of aromatic amines is 2. The minimum Gasteiger partial charge on any atom is -0.497 e. The molecule has 0 aliphatic carbocycles. The summed E-state index contributed by atoms with van der Waals surface area (Å²) < 4.78 is 5.40. The van der Waals surface area contributed by atoms with E-state index in [2.05, 4.69) is 64.3 Å². The van der Waals surface area contributed by atoms with E-state index in [1.165, 1.54) is 0 Å². The van der Waals surface area contributed by atoms with Crippen molar-refractivity contribution in [1.29, 1.82) is 0 Å². The summed E-state index contributed by atoms with van der Waals surface area (Å²) in [7, 11) is 1.68. The Morgan fingerprint density at radius 2 is 1.39 bits per heavy atom. The van der Waals surface area contributed by atoms with Crippen molar-refractivity contribution in [2.45, 2.75) is 13.8 Å². The van der Waals surface area contributed by atoms with E-state index in [0.717, 1.165) is 61.7 Å². The van der Waals surface area contributed by atoms with Gasteiger partial charge in [0.05, 0.1) is 29.2 Å². The quantitative estimate of drug-likeness (QED) is 0.448. The molecule has 3 aromatic carbocycles. The minimum atomic E-state index is 0.833. The van der Waals surface area contributed by atoms with Gasteiger partial charge < -0.3 is 14.7 Å². The number of nitrogens with zero attached hydrogens (tertiary/aromatic N) is 2. The molecule has 0 bridgehead atoms. The molecule has 0 fully saturated rings. The Kier molecular flexibility index (Phi) is 3.69. The lowest BCUT2D eigenvalue weighted by Gasteiger charge is -2.04. The zero-order valence-electron chi connectivity index (χ0n) is 16.0. The summed E-state index contributed by atoms with van der Waals surface area (Å²) in [6, 6.07) is 18.7. The largest absolute Gasteiger partial charge is 0.497 e. The summed E-state index contributed by atoms with van der Waals surface area (Å²) in [5.41, 5.74) is 8.42. The maximum absolute atomic E-state index is 5.40. The number of benzene rings is 3. The Balaban J connectivity index is 1.58. The van der Waals surface area contributed by atoms with Crippen molar-refractivity contribution in [3.63, 3.8) is 0 Å². The number of aromatic nitrogens is 4. The normalized spacial score (nSPS) is 11.4. The summed E-state index contributed by atoms with van der Waals surface area (Å²) in [5.74, 6) is 2.60. The molecule has 0 radical (unpaired) electrons. The van der Waals surface area contributed by atoms with E-state index in [0.29, 0.717) is 0 Å². The lowest BCUT2D eigenvalue weighted by molar-refractivity contribution is 0.414. The second kappa shape index (κ2) is 6.23. The van der Waals surface area contributed by atoms with E-state index >= 15 is 0 Å². The van der Waals surface area contributed by atoms with Crippen LogP contribution in [0.3, 0.4) is 0 Å². The van der Waals surface area contributed by atoms with Gasteiger partial charge in [-0.1, -0.05) is 12.1 Å². The van der Waals surface area contributed by atoms with Crippen LogP contribution in [0.25, 0.3) is 44.6 Å². The molecule has 5 aromatic rings. The molecule has 0 atom stereocenters. The van der Waals surface area contributed by atoms with Gasteiger partial charge in [-0.05, 0) is 73.0 Å². The molecular weight excluding hydrogens is 348 g/mol. The fourth-order valence-corrected chi connectivity index (χ4v) is 3.65. The molecule has 0 unspecified atom stereocenters. The molecule has 0 saturated heterocycles. The molecule has 5 heteroatoms. The van der Waals surface area contributed by atoms with E-state index < -0.39 is 0 Å². The lowest BCUT2D eigenvalue weighted by Crippen LogP contribution is -1.87. The topological polar surface area (TPSA) is 66.6 Å². The van der Waals surface area contributed by atoms with Gasteiger partial charge >= 0.3 is 0 Å². The molecule has 0 spiro atoms. The number of rotatable bonds is 3. The zero-order valence-corrected chi connectivity index (χ0v) is 16.0. The Morgan fingerprint density at radius 1 is 0.714 bits per heavy atom. The van der Waals surface area contributed by atoms with Gasteiger partial charge in [0.25, 0.3) is 0 Å². The van der Waals surface area contributed by atoms with Crippen LogP contribution in [-0.2, 0) is 0 Å². The van der Waals surface area contributed by atoms with Gasteiger partial charge in [0.15, 0.2) is 0 Å². The number of fused-ring (bicyclic) bond motifs is 2. The van der Waals surface area contributed by atoms with Crippen LogP contribution >= 0.6 is 0 Å². The van der Waals surface area contributed by atoms with Crippen molar-refractivity contribution in [1.82, 2.24) is 19.9 Å². The van der Waals surface area contributed by atoms with E-state index in [9.17, 15) is 0 Å². The predicted molar refractivity (Wildman–Crippen MR) is 113 cm³/mol. The highest BCUT2D eigenvalue weighted by Gasteiger charge is 2.10. The average molecular weight is 368 g/mol. The highest BCUT2D eigenvalue weighted by Crippen LogP contribution is 2.29. The third-order valence-electron chi connectivity index (χ3n) is 4.98. The van der Waals surface area contributed by atoms with E-state index in [1.807, 2.05) is 19.1 Å². The summed E-state index contributed by atoms with van der Waals surface area (Å²) in [4.78, 5) is 16.0. The molecule has 5 nitrogen and oxygen atoms in total. The fraction of sp³-hybridized carbons (Fsp3) is 0.130. The van der Waals surface area contributed by atoms with Crippen LogP contribution in [0, 0.1) is 13.8 Å². The molecule has 5 rings (SSSR count). The van der Waals surface area contributed by atoms with Crippen molar-refractivity contribution >= 4 is 22.1 Å². The van der Waals surface area contributed by atoms with E-state index in [4.69, 9.17) is 9.72 Å². The van der Waals surface area contributed by atoms with Crippen molar-refractivity contribution in [2.75, 3.05) is 7.11 Å². The molecule has 2 heterocycles. The number of aryl methyl sites for hydroxylation is 2. The zero-order chi connectivity index (χ0) is 19.3. The van der Waals surface area contributed by atoms with Crippen LogP contribution in [0.15, 0.2) is 54.6 Å². The molecule has 28 heavy (non-hydrogen) atoms. The third-order valence-corrected chi connectivity index (χ3v) is 4.98. The van der Waals surface area contributed by atoms with Gasteiger partial charge in [0.1, 0.15) is 17.4 Å². The summed E-state index contributed by atoms with van der Waals surface area (Å²) >= 11 is 0. The number of methoxy groups -OCH3 is 1. The number of imidazole rings is 2. The van der Waals surface area contributed by atoms with Crippen LogP contribution in [-0.4, -0.2) is 27.0 Å². The lowest BCUT2D eigenvalue weighted by atomic mass is 10.0. The first-order valence-corrected chi connectivity index (χ1v) is 9.21. The Morgan fingerprint density at radius 3 is 2.11 bits per heavy atom. The monoisotopic (exact) mass is 368 g/mol. The standard InChI is InChI=1S/C23H20N4O/c1-13-8-17(10-18(9-13)28-3)23-26-20-7-5-16(12-22(20)27-23)15-4-6-19-21(11-15)25-14(2)24-19/h4-12H,1-3H3,(H,24,25)(H,26,27). The van der Waals surface area contributed by atoms with Crippen molar-refractivity contribution in [3.05, 3.63) is 66.0 Å². The van der Waals surface area contributed by atoms with Gasteiger partial charge in [-0.3, -0.25) is 0 Å². The first kappa shape index (κ1) is 16.6. The van der Waals surface area contributed by atoms with Gasteiger partial charge in [0.2, 0.25) is 0 Å². The second-order valence-electron chi connectivity index (χ2n) is 7.11. The van der Waals surface area contributed by atoms with Crippen molar-refractivity contribution in [3.8, 4) is 28.3 Å². The first-order valence-electron chi connectivity index (χ1n) is 9.21. The Hall–Kier alpha value is -3.60. The molecule has 0 aliphatic rings. The SMILES string of the molecule is COc1cc(C)cc(-c2nc3ccc(-c4ccc5nc(C)[nH]c5c4)cc3[nH]2)c1. The number of hydrogen-bond donors (Lipinski definition) is 2. The summed E-state index contributed by atoms with van der Waals surface area (Å²) in [6.07, 6.45) is 0. The predicted octanol–water partition coefficient (Wildman–Crippen LogP) is 5.40. The maximum atomic E-state index is 5.40. The van der Waals surface area contributed by atoms with Crippen molar-refractivity contribution < 1.29 is 4.74 Å². The van der Waals surface area contributed by atoms with Gasteiger partial charge in [-0.15, -0.1) is 0 Å². The highest BCUT2D eigenvalue weighted by molar-refractivity contribution is 5.87. The highest BCUT2D eigenvalue weighted by atomic mass is 16.5. The fourth-order valence-electron chi connectivity index (χ4n) is 3.65. The molecule has 138 valence electrons. The molecule has 2 aromatic heterocycles. The van der Waals surface area contributed by atoms with Crippen LogP contribution in [0.2, 0.25) is 0 Å². The minimum absolute atomic E-state index is 0.833. The molecule has 0 aliphatic heterocycles. The molecule has 2 N–H and O–H groups in total. The molecular formula is C23H20N4O. The van der Waals surface area contributed by atoms with Gasteiger partial charge in [-0.2, -0.15) is 0 Å². The first-order chi connectivity index (χ1) is 13.6. The van der Waals surface area contributed by atoms with E-state index in [1.54, 1.807) is 7.11 Å². The van der Waals surface area contributed by atoms with Crippen LogP contribution in [0.1, 0.15) is 11.4 Å². The average Bonchev–Trinajstić information content (AvgIpc) is 3.28. The number of hydrogen-bond acceptors (Lipinski definition) is 3. The van der Waals surface area contributed by atoms with Gasteiger partial charge in [-0.25, -0.2) is 9.97 Å².